The third kappa shape index (κ3) is 4.55. The summed E-state index contributed by atoms with van der Waals surface area (Å²) >= 11 is 6.35. The van der Waals surface area contributed by atoms with Crippen LogP contribution in [0.3, 0.4) is 0 Å². The fourth-order valence-electron chi connectivity index (χ4n) is 2.35. The van der Waals surface area contributed by atoms with E-state index in [4.69, 9.17) is 21.1 Å². The normalized spacial score (nSPS) is 12.2. The zero-order valence-corrected chi connectivity index (χ0v) is 16.0. The van der Waals surface area contributed by atoms with Crippen molar-refractivity contribution in [2.75, 3.05) is 7.11 Å². The van der Waals surface area contributed by atoms with E-state index < -0.39 is 5.97 Å². The van der Waals surface area contributed by atoms with Crippen LogP contribution in [0, 0.1) is 6.92 Å². The third-order valence-corrected chi connectivity index (χ3v) is 4.31. The van der Waals surface area contributed by atoms with Crippen molar-refractivity contribution in [3.63, 3.8) is 0 Å². The summed E-state index contributed by atoms with van der Waals surface area (Å²) in [6, 6.07) is 8.50. The van der Waals surface area contributed by atoms with Crippen molar-refractivity contribution < 1.29 is 19.4 Å². The van der Waals surface area contributed by atoms with Gasteiger partial charge < -0.3 is 14.6 Å². The predicted octanol–water partition coefficient (Wildman–Crippen LogP) is 5.28. The molecule has 2 rings (SSSR count). The number of hydrogen-bond donors (Lipinski definition) is 1. The molecule has 0 saturated heterocycles. The number of hydrogen-bond acceptors (Lipinski definition) is 4. The maximum atomic E-state index is 11.2. The molecule has 0 fully saturated rings. The van der Waals surface area contributed by atoms with Gasteiger partial charge in [0.05, 0.1) is 29.5 Å². The molecule has 0 amide bonds. The summed E-state index contributed by atoms with van der Waals surface area (Å²) in [7, 11) is 1.55. The fourth-order valence-corrected chi connectivity index (χ4v) is 2.62. The Balaban J connectivity index is 2.36. The van der Waals surface area contributed by atoms with Gasteiger partial charge >= 0.3 is 5.97 Å². The van der Waals surface area contributed by atoms with Crippen molar-refractivity contribution in [2.45, 2.75) is 33.3 Å². The van der Waals surface area contributed by atoms with E-state index in [1.54, 1.807) is 50.6 Å². The van der Waals surface area contributed by atoms with Crippen molar-refractivity contribution in [3.8, 4) is 11.5 Å². The first-order valence-corrected chi connectivity index (χ1v) is 8.66. The second kappa shape index (κ2) is 8.72. The standard InChI is InChI=1S/C20H22ClNO4/c1-5-12(2)26-19-16(21)9-14(10-18(19)25-4)11-22-17-8-6-7-15(13(17)3)20(23)24/h6-12H,5H2,1-4H3,(H,23,24)/t12-/m1/s1. The van der Waals surface area contributed by atoms with Crippen LogP contribution in [0.1, 0.15) is 41.8 Å². The van der Waals surface area contributed by atoms with Gasteiger partial charge in [-0.25, -0.2) is 4.79 Å². The highest BCUT2D eigenvalue weighted by Crippen LogP contribution is 2.37. The van der Waals surface area contributed by atoms with E-state index in [1.807, 2.05) is 13.8 Å². The number of carboxylic acid groups (broad SMARTS) is 1. The number of carboxylic acids is 1. The van der Waals surface area contributed by atoms with Crippen LogP contribution in [-0.4, -0.2) is 30.5 Å². The lowest BCUT2D eigenvalue weighted by Gasteiger charge is -2.17. The SMILES string of the molecule is CC[C@@H](C)Oc1c(Cl)cc(C=Nc2cccc(C(=O)O)c2C)cc1OC. The second-order valence-electron chi connectivity index (χ2n) is 5.88. The number of halogens is 1. The minimum Gasteiger partial charge on any atom is -0.493 e. The van der Waals surface area contributed by atoms with Gasteiger partial charge in [0.1, 0.15) is 0 Å². The Kier molecular flexibility index (Phi) is 6.64. The van der Waals surface area contributed by atoms with Gasteiger partial charge in [0.2, 0.25) is 0 Å². The molecule has 0 aliphatic carbocycles. The molecule has 0 saturated carbocycles. The highest BCUT2D eigenvalue weighted by molar-refractivity contribution is 6.32. The Morgan fingerprint density at radius 2 is 2.12 bits per heavy atom. The zero-order valence-electron chi connectivity index (χ0n) is 15.2. The number of methoxy groups -OCH3 is 1. The molecular formula is C20H22ClNO4. The minimum absolute atomic E-state index is 0.0160. The lowest BCUT2D eigenvalue weighted by Crippen LogP contribution is -2.11. The van der Waals surface area contributed by atoms with E-state index in [2.05, 4.69) is 4.99 Å². The van der Waals surface area contributed by atoms with E-state index >= 15 is 0 Å². The van der Waals surface area contributed by atoms with Crippen LogP contribution in [0.5, 0.6) is 11.5 Å². The lowest BCUT2D eigenvalue weighted by molar-refractivity contribution is 0.0696. The fraction of sp³-hybridized carbons (Fsp3) is 0.300. The smallest absolute Gasteiger partial charge is 0.336 e. The van der Waals surface area contributed by atoms with Gasteiger partial charge in [-0.15, -0.1) is 0 Å². The number of nitrogens with zero attached hydrogens (tertiary/aromatic N) is 1. The van der Waals surface area contributed by atoms with Gasteiger partial charge in [-0.05, 0) is 55.7 Å². The van der Waals surface area contributed by atoms with Crippen LogP contribution in [0.25, 0.3) is 0 Å². The van der Waals surface area contributed by atoms with Gasteiger partial charge in [-0.1, -0.05) is 24.6 Å². The van der Waals surface area contributed by atoms with Crippen LogP contribution in [-0.2, 0) is 0 Å². The lowest BCUT2D eigenvalue weighted by atomic mass is 10.1. The summed E-state index contributed by atoms with van der Waals surface area (Å²) in [4.78, 5) is 15.6. The van der Waals surface area contributed by atoms with Crippen LogP contribution in [0.4, 0.5) is 5.69 Å². The first kappa shape index (κ1) is 19.8. The average molecular weight is 376 g/mol. The van der Waals surface area contributed by atoms with Gasteiger partial charge in [-0.3, -0.25) is 4.99 Å². The topological polar surface area (TPSA) is 68.1 Å². The van der Waals surface area contributed by atoms with Crippen molar-refractivity contribution in [2.24, 2.45) is 4.99 Å². The summed E-state index contributed by atoms with van der Waals surface area (Å²) in [6.45, 7) is 5.72. The van der Waals surface area contributed by atoms with Crippen LogP contribution < -0.4 is 9.47 Å². The molecule has 1 atom stereocenters. The quantitative estimate of drug-likeness (QED) is 0.668. The molecule has 1 N–H and O–H groups in total. The van der Waals surface area contributed by atoms with Gasteiger partial charge in [0, 0.05) is 6.21 Å². The molecule has 0 aliphatic heterocycles. The van der Waals surface area contributed by atoms with Gasteiger partial charge in [0.25, 0.3) is 0 Å². The van der Waals surface area contributed by atoms with Crippen LogP contribution >= 0.6 is 11.6 Å². The van der Waals surface area contributed by atoms with E-state index in [1.165, 1.54) is 0 Å². The first-order chi connectivity index (χ1) is 12.4. The Hall–Kier alpha value is -2.53. The number of ether oxygens (including phenoxy) is 2. The molecule has 6 heteroatoms. The van der Waals surface area contributed by atoms with E-state index in [-0.39, 0.29) is 11.7 Å². The number of rotatable bonds is 7. The average Bonchev–Trinajstić information content (AvgIpc) is 2.62. The Morgan fingerprint density at radius 1 is 1.38 bits per heavy atom. The molecule has 26 heavy (non-hydrogen) atoms. The first-order valence-electron chi connectivity index (χ1n) is 8.28. The summed E-state index contributed by atoms with van der Waals surface area (Å²) in [6.07, 6.45) is 2.49. The number of aliphatic imine (C=N–C) groups is 1. The summed E-state index contributed by atoms with van der Waals surface area (Å²) in [5.74, 6) is 0.0517. The maximum Gasteiger partial charge on any atom is 0.336 e. The molecule has 138 valence electrons. The van der Waals surface area contributed by atoms with Crippen LogP contribution in [0.2, 0.25) is 5.02 Å². The second-order valence-corrected chi connectivity index (χ2v) is 6.29. The molecule has 5 nitrogen and oxygen atoms in total. The van der Waals surface area contributed by atoms with E-state index in [0.29, 0.717) is 27.8 Å². The third-order valence-electron chi connectivity index (χ3n) is 4.03. The molecule has 0 spiro atoms. The van der Waals surface area contributed by atoms with Crippen molar-refractivity contribution >= 4 is 29.5 Å². The molecule has 0 bridgehead atoms. The Labute approximate surface area is 158 Å². The number of benzene rings is 2. The van der Waals surface area contributed by atoms with Crippen molar-refractivity contribution in [1.82, 2.24) is 0 Å². The molecule has 2 aromatic carbocycles. The minimum atomic E-state index is -0.976. The molecule has 0 unspecified atom stereocenters. The maximum absolute atomic E-state index is 11.2. The van der Waals surface area contributed by atoms with Gasteiger partial charge in [0.15, 0.2) is 11.5 Å². The molecule has 2 aromatic rings. The molecular weight excluding hydrogens is 354 g/mol. The molecule has 0 heterocycles. The summed E-state index contributed by atoms with van der Waals surface area (Å²) in [5, 5.41) is 9.64. The van der Waals surface area contributed by atoms with E-state index in [9.17, 15) is 9.90 Å². The number of aromatic carboxylic acids is 1. The molecule has 0 radical (unpaired) electrons. The van der Waals surface area contributed by atoms with Crippen molar-refractivity contribution in [1.29, 1.82) is 0 Å². The highest BCUT2D eigenvalue weighted by Gasteiger charge is 2.14. The number of carbonyl (C=O) groups is 1. The summed E-state index contributed by atoms with van der Waals surface area (Å²) in [5.41, 5.74) is 2.14. The zero-order chi connectivity index (χ0) is 19.3. The van der Waals surface area contributed by atoms with Gasteiger partial charge in [-0.2, -0.15) is 0 Å². The summed E-state index contributed by atoms with van der Waals surface area (Å²) < 4.78 is 11.2. The Morgan fingerprint density at radius 3 is 2.73 bits per heavy atom. The molecule has 0 aromatic heterocycles. The van der Waals surface area contributed by atoms with E-state index in [0.717, 1.165) is 12.0 Å². The molecule has 0 aliphatic rings. The largest absolute Gasteiger partial charge is 0.493 e. The van der Waals surface area contributed by atoms with Crippen molar-refractivity contribution in [3.05, 3.63) is 52.0 Å². The highest BCUT2D eigenvalue weighted by atomic mass is 35.5. The monoisotopic (exact) mass is 375 g/mol. The van der Waals surface area contributed by atoms with Crippen LogP contribution in [0.15, 0.2) is 35.3 Å². The predicted molar refractivity (Wildman–Crippen MR) is 104 cm³/mol. The Bertz CT molecular complexity index is 833.